The van der Waals surface area contributed by atoms with Gasteiger partial charge in [-0.3, -0.25) is 0 Å². The van der Waals surface area contributed by atoms with E-state index in [2.05, 4.69) is 54.7 Å². The predicted molar refractivity (Wildman–Crippen MR) is 75.0 cm³/mol. The molecule has 86 valence electrons. The molecule has 0 saturated heterocycles. The number of hydrogen-bond acceptors (Lipinski definition) is 1. The molecule has 0 spiro atoms. The molecule has 0 fully saturated rings. The van der Waals surface area contributed by atoms with Gasteiger partial charge in [-0.15, -0.1) is 0 Å². The molecule has 1 heteroatoms. The monoisotopic (exact) mass is 223 g/mol. The molecule has 0 amide bonds. The smallest absolute Gasteiger partial charge is 0.0342 e. The molecule has 2 aromatic carbocycles. The van der Waals surface area contributed by atoms with Gasteiger partial charge >= 0.3 is 0 Å². The lowest BCUT2D eigenvalue weighted by atomic mass is 10.1. The Hall–Kier alpha value is -2.02. The first kappa shape index (κ1) is 11.5. The zero-order valence-corrected chi connectivity index (χ0v) is 10.1. The second-order valence-electron chi connectivity index (χ2n) is 4.00. The lowest BCUT2D eigenvalue weighted by Crippen LogP contribution is -1.98. The van der Waals surface area contributed by atoms with Gasteiger partial charge < -0.3 is 5.32 Å². The van der Waals surface area contributed by atoms with Crippen LogP contribution in [0, 0.1) is 0 Å². The van der Waals surface area contributed by atoms with Crippen molar-refractivity contribution >= 4 is 11.3 Å². The highest BCUT2D eigenvalue weighted by Crippen LogP contribution is 2.12. The van der Waals surface area contributed by atoms with Crippen molar-refractivity contribution in [2.24, 2.45) is 0 Å². The Labute approximate surface area is 103 Å². The Morgan fingerprint density at radius 2 is 1.53 bits per heavy atom. The molecule has 1 N–H and O–H groups in total. The fourth-order valence-corrected chi connectivity index (χ4v) is 1.70. The number of benzene rings is 2. The maximum Gasteiger partial charge on any atom is 0.0342 e. The maximum atomic E-state index is 3.37. The van der Waals surface area contributed by atoms with Gasteiger partial charge in [0.15, 0.2) is 0 Å². The van der Waals surface area contributed by atoms with E-state index < -0.39 is 0 Å². The number of nitrogens with one attached hydrogen (secondary N) is 1. The third kappa shape index (κ3) is 3.49. The first-order valence-corrected chi connectivity index (χ1v) is 5.87. The van der Waals surface area contributed by atoms with Gasteiger partial charge in [0.05, 0.1) is 0 Å². The summed E-state index contributed by atoms with van der Waals surface area (Å²) in [5.74, 6) is 0. The predicted octanol–water partition coefficient (Wildman–Crippen LogP) is 4.20. The van der Waals surface area contributed by atoms with E-state index in [1.165, 1.54) is 11.1 Å². The van der Waals surface area contributed by atoms with Crippen molar-refractivity contribution in [3.63, 3.8) is 0 Å². The standard InChI is InChI=1S/C16H17N/c1-14(15-8-4-2-5-9-15)12-13-17-16-10-6-3-7-11-16/h2-12,17H,13H2,1H3/b14-12+. The van der Waals surface area contributed by atoms with Crippen molar-refractivity contribution in [2.75, 3.05) is 11.9 Å². The first-order chi connectivity index (χ1) is 8.36. The molecule has 0 unspecified atom stereocenters. The summed E-state index contributed by atoms with van der Waals surface area (Å²) >= 11 is 0. The SMILES string of the molecule is C/C(=C\CNc1ccccc1)c1ccccc1. The molecular weight excluding hydrogens is 206 g/mol. The van der Waals surface area contributed by atoms with Crippen LogP contribution in [0.5, 0.6) is 0 Å². The quantitative estimate of drug-likeness (QED) is 0.819. The summed E-state index contributed by atoms with van der Waals surface area (Å²) in [7, 11) is 0. The lowest BCUT2D eigenvalue weighted by Gasteiger charge is -2.04. The van der Waals surface area contributed by atoms with Gasteiger partial charge in [0, 0.05) is 12.2 Å². The van der Waals surface area contributed by atoms with E-state index in [1.54, 1.807) is 0 Å². The van der Waals surface area contributed by atoms with E-state index in [0.717, 1.165) is 12.2 Å². The van der Waals surface area contributed by atoms with E-state index in [4.69, 9.17) is 0 Å². The lowest BCUT2D eigenvalue weighted by molar-refractivity contribution is 1.33. The number of rotatable bonds is 4. The molecule has 2 aromatic rings. The van der Waals surface area contributed by atoms with E-state index in [9.17, 15) is 0 Å². The van der Waals surface area contributed by atoms with Gasteiger partial charge in [-0.05, 0) is 30.2 Å². The minimum Gasteiger partial charge on any atom is -0.382 e. The van der Waals surface area contributed by atoms with Gasteiger partial charge in [0.2, 0.25) is 0 Å². The van der Waals surface area contributed by atoms with Crippen LogP contribution in [0.25, 0.3) is 5.57 Å². The number of hydrogen-bond donors (Lipinski definition) is 1. The third-order valence-corrected chi connectivity index (χ3v) is 2.72. The number of allylic oxidation sites excluding steroid dienone is 1. The minimum atomic E-state index is 0.852. The summed E-state index contributed by atoms with van der Waals surface area (Å²) in [5, 5.41) is 3.37. The van der Waals surface area contributed by atoms with Crippen LogP contribution >= 0.6 is 0 Å². The van der Waals surface area contributed by atoms with Gasteiger partial charge in [0.1, 0.15) is 0 Å². The van der Waals surface area contributed by atoms with Crippen molar-refractivity contribution in [3.05, 3.63) is 72.3 Å². The highest BCUT2D eigenvalue weighted by Gasteiger charge is 1.93. The summed E-state index contributed by atoms with van der Waals surface area (Å²) in [5.41, 5.74) is 3.74. The summed E-state index contributed by atoms with van der Waals surface area (Å²) in [4.78, 5) is 0. The minimum absolute atomic E-state index is 0.852. The average molecular weight is 223 g/mol. The topological polar surface area (TPSA) is 12.0 Å². The normalized spacial score (nSPS) is 11.2. The molecule has 0 aliphatic heterocycles. The van der Waals surface area contributed by atoms with Crippen LogP contribution in [0.4, 0.5) is 5.69 Å². The van der Waals surface area contributed by atoms with E-state index >= 15 is 0 Å². The second-order valence-corrected chi connectivity index (χ2v) is 4.00. The fourth-order valence-electron chi connectivity index (χ4n) is 1.70. The maximum absolute atomic E-state index is 3.37. The van der Waals surface area contributed by atoms with E-state index in [1.807, 2.05) is 24.3 Å². The molecule has 0 radical (unpaired) electrons. The molecule has 0 aromatic heterocycles. The van der Waals surface area contributed by atoms with Crippen LogP contribution in [0.1, 0.15) is 12.5 Å². The molecular formula is C16H17N. The highest BCUT2D eigenvalue weighted by molar-refractivity contribution is 5.64. The molecule has 2 rings (SSSR count). The van der Waals surface area contributed by atoms with E-state index in [-0.39, 0.29) is 0 Å². The Bertz CT molecular complexity index is 471. The van der Waals surface area contributed by atoms with Crippen LogP contribution in [0.2, 0.25) is 0 Å². The van der Waals surface area contributed by atoms with Crippen molar-refractivity contribution in [2.45, 2.75) is 6.92 Å². The summed E-state index contributed by atoms with van der Waals surface area (Å²) in [6.07, 6.45) is 2.21. The molecule has 0 bridgehead atoms. The molecule has 0 aliphatic carbocycles. The van der Waals surface area contributed by atoms with E-state index in [0.29, 0.717) is 0 Å². The van der Waals surface area contributed by atoms with Gasteiger partial charge in [-0.25, -0.2) is 0 Å². The summed E-state index contributed by atoms with van der Waals surface area (Å²) in [6, 6.07) is 20.7. The summed E-state index contributed by atoms with van der Waals surface area (Å²) < 4.78 is 0. The largest absolute Gasteiger partial charge is 0.382 e. The zero-order chi connectivity index (χ0) is 11.9. The van der Waals surface area contributed by atoms with Crippen LogP contribution in [-0.4, -0.2) is 6.54 Å². The van der Waals surface area contributed by atoms with Crippen LogP contribution in [0.15, 0.2) is 66.7 Å². The van der Waals surface area contributed by atoms with Gasteiger partial charge in [-0.2, -0.15) is 0 Å². The van der Waals surface area contributed by atoms with Crippen LogP contribution in [-0.2, 0) is 0 Å². The second kappa shape index (κ2) is 5.90. The van der Waals surface area contributed by atoms with Crippen molar-refractivity contribution in [1.29, 1.82) is 0 Å². The van der Waals surface area contributed by atoms with Crippen molar-refractivity contribution < 1.29 is 0 Å². The molecule has 17 heavy (non-hydrogen) atoms. The average Bonchev–Trinajstić information content (AvgIpc) is 2.41. The number of para-hydroxylation sites is 1. The summed E-state index contributed by atoms with van der Waals surface area (Å²) in [6.45, 7) is 2.99. The van der Waals surface area contributed by atoms with Crippen LogP contribution < -0.4 is 5.32 Å². The zero-order valence-electron chi connectivity index (χ0n) is 10.1. The van der Waals surface area contributed by atoms with Gasteiger partial charge in [-0.1, -0.05) is 54.6 Å². The molecule has 1 nitrogen and oxygen atoms in total. The fraction of sp³-hybridized carbons (Fsp3) is 0.125. The van der Waals surface area contributed by atoms with Gasteiger partial charge in [0.25, 0.3) is 0 Å². The molecule has 0 heterocycles. The van der Waals surface area contributed by atoms with Crippen molar-refractivity contribution in [3.8, 4) is 0 Å². The third-order valence-electron chi connectivity index (χ3n) is 2.72. The first-order valence-electron chi connectivity index (χ1n) is 5.87. The molecule has 0 saturated carbocycles. The molecule has 0 atom stereocenters. The Morgan fingerprint density at radius 3 is 2.18 bits per heavy atom. The Kier molecular flexibility index (Phi) is 3.98. The molecule has 0 aliphatic rings. The Balaban J connectivity index is 1.93. The highest BCUT2D eigenvalue weighted by atomic mass is 14.8. The Morgan fingerprint density at radius 1 is 0.941 bits per heavy atom. The number of anilines is 1. The van der Waals surface area contributed by atoms with Crippen LogP contribution in [0.3, 0.4) is 0 Å². The van der Waals surface area contributed by atoms with Crippen molar-refractivity contribution in [1.82, 2.24) is 0 Å².